The Morgan fingerprint density at radius 1 is 1.22 bits per heavy atom. The topological polar surface area (TPSA) is 92.7 Å². The molecular formula is C23H23N5O2S2. The molecule has 0 fully saturated rings. The highest BCUT2D eigenvalue weighted by Gasteiger charge is 2.17. The summed E-state index contributed by atoms with van der Waals surface area (Å²) >= 11 is 3.09. The molecule has 0 unspecified atom stereocenters. The molecule has 1 aromatic carbocycles. The number of carbonyl (C=O) groups is 1. The third kappa shape index (κ3) is 5.00. The summed E-state index contributed by atoms with van der Waals surface area (Å²) in [5.74, 6) is 1.64. The number of amides is 1. The van der Waals surface area contributed by atoms with E-state index in [9.17, 15) is 9.59 Å². The van der Waals surface area contributed by atoms with Crippen LogP contribution < -0.4 is 10.9 Å². The van der Waals surface area contributed by atoms with Crippen molar-refractivity contribution in [1.82, 2.24) is 19.7 Å². The Bertz CT molecular complexity index is 1260. The van der Waals surface area contributed by atoms with E-state index in [0.29, 0.717) is 34.9 Å². The predicted molar refractivity (Wildman–Crippen MR) is 131 cm³/mol. The lowest BCUT2D eigenvalue weighted by Crippen LogP contribution is -2.22. The van der Waals surface area contributed by atoms with Gasteiger partial charge in [0.2, 0.25) is 11.9 Å². The van der Waals surface area contributed by atoms with Crippen molar-refractivity contribution >= 4 is 34.8 Å². The van der Waals surface area contributed by atoms with Crippen LogP contribution in [0.15, 0.2) is 58.7 Å². The standard InChI is InChI=1S/C23H23N5O2S2/c1-3-17-15(2)24-23(26-22(17)30)28-20(12-18(27-28)19-10-7-11-32-19)25-21(29)14-31-13-16-8-5-4-6-9-16/h4-12H,3,13-14H2,1-2H3,(H,25,29)(H,24,26,30). The number of nitrogens with zero attached hydrogens (tertiary/aromatic N) is 3. The van der Waals surface area contributed by atoms with Crippen molar-refractivity contribution in [2.24, 2.45) is 0 Å². The third-order valence-electron chi connectivity index (χ3n) is 4.86. The molecule has 0 atom stereocenters. The summed E-state index contributed by atoms with van der Waals surface area (Å²) < 4.78 is 1.49. The highest BCUT2D eigenvalue weighted by atomic mass is 32.2. The maximum Gasteiger partial charge on any atom is 0.255 e. The number of anilines is 1. The Labute approximate surface area is 193 Å². The number of thiophene rings is 1. The van der Waals surface area contributed by atoms with Crippen LogP contribution >= 0.6 is 23.1 Å². The van der Waals surface area contributed by atoms with E-state index in [1.807, 2.05) is 54.8 Å². The highest BCUT2D eigenvalue weighted by Crippen LogP contribution is 2.27. The minimum Gasteiger partial charge on any atom is -0.310 e. The second kappa shape index (κ2) is 9.97. The Hall–Kier alpha value is -3.17. The van der Waals surface area contributed by atoms with Crippen LogP contribution in [0.5, 0.6) is 0 Å². The van der Waals surface area contributed by atoms with E-state index >= 15 is 0 Å². The molecule has 3 heterocycles. The largest absolute Gasteiger partial charge is 0.310 e. The van der Waals surface area contributed by atoms with E-state index in [1.54, 1.807) is 24.3 Å². The van der Waals surface area contributed by atoms with Gasteiger partial charge in [-0.15, -0.1) is 23.1 Å². The first-order chi connectivity index (χ1) is 15.5. The molecule has 0 aliphatic carbocycles. The van der Waals surface area contributed by atoms with Gasteiger partial charge in [-0.3, -0.25) is 14.6 Å². The zero-order valence-electron chi connectivity index (χ0n) is 17.8. The van der Waals surface area contributed by atoms with Crippen LogP contribution in [-0.2, 0) is 17.0 Å². The van der Waals surface area contributed by atoms with Crippen LogP contribution in [0, 0.1) is 6.92 Å². The number of nitrogens with one attached hydrogen (secondary N) is 2. The molecule has 9 heteroatoms. The molecule has 4 rings (SSSR count). The molecule has 0 spiro atoms. The van der Waals surface area contributed by atoms with Gasteiger partial charge >= 0.3 is 0 Å². The fourth-order valence-corrected chi connectivity index (χ4v) is 4.77. The zero-order valence-corrected chi connectivity index (χ0v) is 19.4. The maximum absolute atomic E-state index is 12.7. The van der Waals surface area contributed by atoms with Gasteiger partial charge < -0.3 is 5.32 Å². The lowest BCUT2D eigenvalue weighted by Gasteiger charge is -2.10. The van der Waals surface area contributed by atoms with E-state index in [2.05, 4.69) is 20.4 Å². The first-order valence-corrected chi connectivity index (χ1v) is 12.2. The van der Waals surface area contributed by atoms with Gasteiger partial charge in [0.25, 0.3) is 5.56 Å². The second-order valence-corrected chi connectivity index (χ2v) is 9.07. The van der Waals surface area contributed by atoms with Crippen molar-refractivity contribution < 1.29 is 4.79 Å². The molecule has 0 saturated heterocycles. The SMILES string of the molecule is CCc1c(C)nc(-n2nc(-c3cccs3)cc2NC(=O)CSCc2ccccc2)[nH]c1=O. The number of H-pyrrole nitrogens is 1. The third-order valence-corrected chi connectivity index (χ3v) is 6.76. The average Bonchev–Trinajstić information content (AvgIpc) is 3.44. The molecule has 0 aliphatic rings. The smallest absolute Gasteiger partial charge is 0.255 e. The van der Waals surface area contributed by atoms with Gasteiger partial charge in [0.1, 0.15) is 11.5 Å². The summed E-state index contributed by atoms with van der Waals surface area (Å²) in [5.41, 5.74) is 2.96. The van der Waals surface area contributed by atoms with Crippen molar-refractivity contribution in [2.75, 3.05) is 11.1 Å². The number of carbonyl (C=O) groups excluding carboxylic acids is 1. The lowest BCUT2D eigenvalue weighted by molar-refractivity contribution is -0.113. The minimum atomic E-state index is -0.195. The lowest BCUT2D eigenvalue weighted by atomic mass is 10.2. The van der Waals surface area contributed by atoms with Crippen molar-refractivity contribution in [3.63, 3.8) is 0 Å². The fraction of sp³-hybridized carbons (Fsp3) is 0.217. The fourth-order valence-electron chi connectivity index (χ4n) is 3.30. The van der Waals surface area contributed by atoms with E-state index in [1.165, 1.54) is 22.0 Å². The highest BCUT2D eigenvalue weighted by molar-refractivity contribution is 7.99. The van der Waals surface area contributed by atoms with Crippen molar-refractivity contribution in [2.45, 2.75) is 26.0 Å². The van der Waals surface area contributed by atoms with Crippen molar-refractivity contribution in [3.8, 4) is 16.5 Å². The summed E-state index contributed by atoms with van der Waals surface area (Å²) in [6.45, 7) is 3.72. The Kier molecular flexibility index (Phi) is 6.87. The molecule has 32 heavy (non-hydrogen) atoms. The predicted octanol–water partition coefficient (Wildman–Crippen LogP) is 4.43. The number of aromatic nitrogens is 4. The summed E-state index contributed by atoms with van der Waals surface area (Å²) in [4.78, 5) is 33.4. The summed E-state index contributed by atoms with van der Waals surface area (Å²) in [5, 5.41) is 9.51. The van der Waals surface area contributed by atoms with Gasteiger partial charge in [-0.05, 0) is 30.4 Å². The van der Waals surface area contributed by atoms with Gasteiger partial charge in [-0.25, -0.2) is 4.98 Å². The normalized spacial score (nSPS) is 10.9. The number of hydrogen-bond donors (Lipinski definition) is 2. The van der Waals surface area contributed by atoms with Gasteiger partial charge in [0.15, 0.2) is 0 Å². The van der Waals surface area contributed by atoms with E-state index in [0.717, 1.165) is 10.6 Å². The Morgan fingerprint density at radius 3 is 2.72 bits per heavy atom. The Balaban J connectivity index is 1.58. The number of thioether (sulfide) groups is 1. The first-order valence-electron chi connectivity index (χ1n) is 10.2. The van der Waals surface area contributed by atoms with E-state index in [-0.39, 0.29) is 17.4 Å². The summed E-state index contributed by atoms with van der Waals surface area (Å²) in [6, 6.07) is 15.7. The monoisotopic (exact) mass is 465 g/mol. The molecule has 0 aliphatic heterocycles. The molecule has 1 amide bonds. The number of rotatable bonds is 8. The average molecular weight is 466 g/mol. The molecule has 3 aromatic heterocycles. The minimum absolute atomic E-state index is 0.144. The number of benzene rings is 1. The second-order valence-electron chi connectivity index (χ2n) is 7.14. The number of aryl methyl sites for hydroxylation is 1. The number of aromatic amines is 1. The van der Waals surface area contributed by atoms with Gasteiger partial charge in [0.05, 0.1) is 10.6 Å². The molecule has 0 radical (unpaired) electrons. The molecule has 164 valence electrons. The number of hydrogen-bond acceptors (Lipinski definition) is 6. The molecule has 2 N–H and O–H groups in total. The molecule has 4 aromatic rings. The van der Waals surface area contributed by atoms with E-state index in [4.69, 9.17) is 0 Å². The summed E-state index contributed by atoms with van der Waals surface area (Å²) in [6.07, 6.45) is 0.593. The molecule has 0 bridgehead atoms. The molecule has 7 nitrogen and oxygen atoms in total. The first kappa shape index (κ1) is 22.0. The van der Waals surface area contributed by atoms with Crippen LogP contribution in [0.25, 0.3) is 16.5 Å². The quantitative estimate of drug-likeness (QED) is 0.402. The van der Waals surface area contributed by atoms with Crippen LogP contribution in [0.4, 0.5) is 5.82 Å². The van der Waals surface area contributed by atoms with Crippen LogP contribution in [-0.4, -0.2) is 31.4 Å². The summed E-state index contributed by atoms with van der Waals surface area (Å²) in [7, 11) is 0. The van der Waals surface area contributed by atoms with Crippen molar-refractivity contribution in [1.29, 1.82) is 0 Å². The van der Waals surface area contributed by atoms with Crippen molar-refractivity contribution in [3.05, 3.63) is 81.1 Å². The Morgan fingerprint density at radius 2 is 2.03 bits per heavy atom. The van der Waals surface area contributed by atoms with Gasteiger partial charge in [-0.2, -0.15) is 9.78 Å². The maximum atomic E-state index is 12.7. The van der Waals surface area contributed by atoms with Gasteiger partial charge in [-0.1, -0.05) is 43.3 Å². The van der Waals surface area contributed by atoms with Crippen LogP contribution in [0.3, 0.4) is 0 Å². The van der Waals surface area contributed by atoms with Gasteiger partial charge in [0, 0.05) is 23.1 Å². The zero-order chi connectivity index (χ0) is 22.5. The van der Waals surface area contributed by atoms with Crippen LogP contribution in [0.1, 0.15) is 23.7 Å². The van der Waals surface area contributed by atoms with Crippen LogP contribution in [0.2, 0.25) is 0 Å². The van der Waals surface area contributed by atoms with E-state index < -0.39 is 0 Å². The molecule has 0 saturated carbocycles. The molecular weight excluding hydrogens is 442 g/mol.